The van der Waals surface area contributed by atoms with Crippen LogP contribution in [0.4, 0.5) is 5.82 Å². The second-order valence-corrected chi connectivity index (χ2v) is 5.15. The highest BCUT2D eigenvalue weighted by Crippen LogP contribution is 2.33. The van der Waals surface area contributed by atoms with E-state index >= 15 is 0 Å². The molecule has 0 aromatic carbocycles. The van der Waals surface area contributed by atoms with Crippen molar-refractivity contribution in [3.63, 3.8) is 0 Å². The Labute approximate surface area is 124 Å². The molecule has 1 saturated heterocycles. The first-order chi connectivity index (χ1) is 9.93. The number of aliphatic hydroxyl groups is 3. The Hall–Kier alpha value is -1.52. The van der Waals surface area contributed by atoms with Crippen LogP contribution in [-0.4, -0.2) is 59.8 Å². The fourth-order valence-corrected chi connectivity index (χ4v) is 2.65. The molecule has 0 aliphatic carbocycles. The molecule has 5 N–H and O–H groups in total. The quantitative estimate of drug-likeness (QED) is 0.516. The molecule has 10 heteroatoms. The van der Waals surface area contributed by atoms with Crippen LogP contribution in [0.1, 0.15) is 12.1 Å². The molecule has 0 amide bonds. The summed E-state index contributed by atoms with van der Waals surface area (Å²) < 4.78 is 6.95. The molecule has 3 heterocycles. The SMILES string of the molecule is Cc1nc2c(N)nc(Cl)nc2n1[C@@H]1O[C@H](CO)C(O)C1O. The van der Waals surface area contributed by atoms with Gasteiger partial charge < -0.3 is 25.8 Å². The number of fused-ring (bicyclic) bond motifs is 1. The molecular weight excluding hydrogens is 302 g/mol. The topological polar surface area (TPSA) is 140 Å². The molecule has 0 spiro atoms. The molecule has 1 aliphatic heterocycles. The number of hydrogen-bond acceptors (Lipinski definition) is 8. The number of aryl methyl sites for hydroxylation is 1. The third kappa shape index (κ3) is 2.14. The van der Waals surface area contributed by atoms with Crippen LogP contribution in [-0.2, 0) is 4.74 Å². The van der Waals surface area contributed by atoms with E-state index in [1.54, 1.807) is 6.92 Å². The fourth-order valence-electron chi connectivity index (χ4n) is 2.47. The number of aliphatic hydroxyl groups excluding tert-OH is 3. The van der Waals surface area contributed by atoms with Crippen LogP contribution < -0.4 is 5.73 Å². The van der Waals surface area contributed by atoms with Crippen LogP contribution in [0.5, 0.6) is 0 Å². The predicted octanol–water partition coefficient (Wildman–Crippen LogP) is -1.02. The van der Waals surface area contributed by atoms with Crippen molar-refractivity contribution in [3.8, 4) is 0 Å². The van der Waals surface area contributed by atoms with E-state index in [2.05, 4.69) is 15.0 Å². The number of anilines is 1. The highest BCUT2D eigenvalue weighted by atomic mass is 35.5. The van der Waals surface area contributed by atoms with Gasteiger partial charge in [-0.2, -0.15) is 9.97 Å². The summed E-state index contributed by atoms with van der Waals surface area (Å²) in [4.78, 5) is 12.1. The molecule has 1 aliphatic rings. The zero-order valence-corrected chi connectivity index (χ0v) is 11.8. The van der Waals surface area contributed by atoms with E-state index in [-0.39, 0.29) is 11.1 Å². The molecule has 3 rings (SSSR count). The van der Waals surface area contributed by atoms with Gasteiger partial charge in [0.05, 0.1) is 6.61 Å². The Morgan fingerprint density at radius 1 is 1.29 bits per heavy atom. The average Bonchev–Trinajstić information content (AvgIpc) is 2.89. The Morgan fingerprint density at radius 2 is 2.00 bits per heavy atom. The van der Waals surface area contributed by atoms with Gasteiger partial charge in [0.15, 0.2) is 23.2 Å². The summed E-state index contributed by atoms with van der Waals surface area (Å²) in [5.74, 6) is 0.571. The van der Waals surface area contributed by atoms with Gasteiger partial charge in [-0.15, -0.1) is 0 Å². The number of imidazole rings is 1. The van der Waals surface area contributed by atoms with Crippen molar-refractivity contribution in [1.82, 2.24) is 19.5 Å². The van der Waals surface area contributed by atoms with E-state index in [1.165, 1.54) is 4.57 Å². The molecule has 2 aromatic heterocycles. The minimum Gasteiger partial charge on any atom is -0.394 e. The molecule has 0 radical (unpaired) electrons. The van der Waals surface area contributed by atoms with Gasteiger partial charge in [-0.05, 0) is 18.5 Å². The van der Waals surface area contributed by atoms with E-state index in [0.29, 0.717) is 17.0 Å². The van der Waals surface area contributed by atoms with Gasteiger partial charge in [0.2, 0.25) is 5.28 Å². The van der Waals surface area contributed by atoms with Crippen molar-refractivity contribution in [2.75, 3.05) is 12.3 Å². The average molecular weight is 316 g/mol. The van der Waals surface area contributed by atoms with Gasteiger partial charge in [-0.3, -0.25) is 4.57 Å². The van der Waals surface area contributed by atoms with Crippen LogP contribution in [0.15, 0.2) is 0 Å². The second-order valence-electron chi connectivity index (χ2n) is 4.81. The molecule has 2 aromatic rings. The number of nitrogen functional groups attached to an aromatic ring is 1. The highest BCUT2D eigenvalue weighted by molar-refractivity contribution is 6.28. The Bertz CT molecular complexity index is 693. The zero-order chi connectivity index (χ0) is 15.3. The number of aromatic nitrogens is 4. The third-order valence-electron chi connectivity index (χ3n) is 3.49. The lowest BCUT2D eigenvalue weighted by Crippen LogP contribution is -2.33. The van der Waals surface area contributed by atoms with Crippen molar-refractivity contribution in [2.45, 2.75) is 31.5 Å². The first-order valence-corrected chi connectivity index (χ1v) is 6.61. The lowest BCUT2D eigenvalue weighted by atomic mass is 10.1. The summed E-state index contributed by atoms with van der Waals surface area (Å²) in [5.41, 5.74) is 6.37. The van der Waals surface area contributed by atoms with E-state index in [9.17, 15) is 10.2 Å². The van der Waals surface area contributed by atoms with Crippen LogP contribution in [0.2, 0.25) is 5.28 Å². The van der Waals surface area contributed by atoms with Crippen LogP contribution in [0, 0.1) is 6.92 Å². The number of nitrogens with zero attached hydrogens (tertiary/aromatic N) is 4. The predicted molar refractivity (Wildman–Crippen MR) is 72.5 cm³/mol. The second kappa shape index (κ2) is 5.04. The summed E-state index contributed by atoms with van der Waals surface area (Å²) in [7, 11) is 0. The first-order valence-electron chi connectivity index (χ1n) is 6.24. The molecule has 0 bridgehead atoms. The van der Waals surface area contributed by atoms with E-state index in [1.807, 2.05) is 0 Å². The molecule has 2 unspecified atom stereocenters. The van der Waals surface area contributed by atoms with Gasteiger partial charge in [-0.1, -0.05) is 0 Å². The molecule has 114 valence electrons. The van der Waals surface area contributed by atoms with Crippen molar-refractivity contribution >= 4 is 28.6 Å². The lowest BCUT2D eigenvalue weighted by Gasteiger charge is -2.18. The van der Waals surface area contributed by atoms with Crippen LogP contribution >= 0.6 is 11.6 Å². The molecule has 4 atom stereocenters. The largest absolute Gasteiger partial charge is 0.394 e. The van der Waals surface area contributed by atoms with Gasteiger partial charge in [-0.25, -0.2) is 4.98 Å². The van der Waals surface area contributed by atoms with Crippen LogP contribution in [0.3, 0.4) is 0 Å². The van der Waals surface area contributed by atoms with Crippen molar-refractivity contribution in [2.24, 2.45) is 0 Å². The van der Waals surface area contributed by atoms with Gasteiger partial charge in [0.1, 0.15) is 24.1 Å². The monoisotopic (exact) mass is 315 g/mol. The zero-order valence-electron chi connectivity index (χ0n) is 11.0. The smallest absolute Gasteiger partial charge is 0.226 e. The fraction of sp³-hybridized carbons (Fsp3) is 0.545. The van der Waals surface area contributed by atoms with Gasteiger partial charge >= 0.3 is 0 Å². The number of rotatable bonds is 2. The van der Waals surface area contributed by atoms with Crippen molar-refractivity contribution in [3.05, 3.63) is 11.1 Å². The number of halogens is 1. The normalized spacial score (nSPS) is 29.4. The number of hydrogen-bond donors (Lipinski definition) is 4. The standard InChI is InChI=1S/C11H14ClN5O4/c1-3-14-5-8(13)15-11(12)16-9(5)17(3)10-7(20)6(19)4(2-18)21-10/h4,6-7,10,18-20H,2H2,1H3,(H2,13,15,16)/t4-,6?,7?,10-/m1/s1. The van der Waals surface area contributed by atoms with E-state index in [0.717, 1.165) is 0 Å². The molecular formula is C11H14ClN5O4. The molecule has 1 fully saturated rings. The highest BCUT2D eigenvalue weighted by Gasteiger charge is 2.44. The Kier molecular flexibility index (Phi) is 3.46. The molecule has 9 nitrogen and oxygen atoms in total. The first kappa shape index (κ1) is 14.4. The van der Waals surface area contributed by atoms with Crippen molar-refractivity contribution in [1.29, 1.82) is 0 Å². The van der Waals surface area contributed by atoms with E-state index < -0.39 is 31.1 Å². The number of ether oxygens (including phenoxy) is 1. The summed E-state index contributed by atoms with van der Waals surface area (Å²) in [6.45, 7) is 1.25. The van der Waals surface area contributed by atoms with E-state index in [4.69, 9.17) is 27.2 Å². The molecule has 21 heavy (non-hydrogen) atoms. The summed E-state index contributed by atoms with van der Waals surface area (Å²) >= 11 is 5.80. The maximum atomic E-state index is 10.1. The van der Waals surface area contributed by atoms with Gasteiger partial charge in [0, 0.05) is 0 Å². The number of nitrogens with two attached hydrogens (primary N) is 1. The Morgan fingerprint density at radius 3 is 2.62 bits per heavy atom. The maximum absolute atomic E-state index is 10.1. The summed E-state index contributed by atoms with van der Waals surface area (Å²) in [6, 6.07) is 0. The molecule has 0 saturated carbocycles. The third-order valence-corrected chi connectivity index (χ3v) is 3.66. The summed E-state index contributed by atoms with van der Waals surface area (Å²) in [5, 5.41) is 29.0. The maximum Gasteiger partial charge on any atom is 0.226 e. The minimum absolute atomic E-state index is 0.0621. The van der Waals surface area contributed by atoms with Gasteiger partial charge in [0.25, 0.3) is 0 Å². The summed E-state index contributed by atoms with van der Waals surface area (Å²) in [6.07, 6.45) is -4.30. The van der Waals surface area contributed by atoms with Crippen LogP contribution in [0.25, 0.3) is 11.2 Å². The Balaban J connectivity index is 2.15. The van der Waals surface area contributed by atoms with Crippen molar-refractivity contribution < 1.29 is 20.1 Å². The minimum atomic E-state index is -1.24. The lowest BCUT2D eigenvalue weighted by molar-refractivity contribution is -0.0519.